The Morgan fingerprint density at radius 3 is 2.87 bits per heavy atom. The molecule has 11 heteroatoms. The zero-order chi connectivity index (χ0) is 26.2. The molecule has 1 unspecified atom stereocenters. The van der Waals surface area contributed by atoms with E-state index in [0.29, 0.717) is 17.5 Å². The molecule has 11 nitrogen and oxygen atoms in total. The molecule has 0 bridgehead atoms. The van der Waals surface area contributed by atoms with Crippen molar-refractivity contribution in [3.63, 3.8) is 0 Å². The number of rotatable bonds is 6. The van der Waals surface area contributed by atoms with Gasteiger partial charge < -0.3 is 19.7 Å². The third kappa shape index (κ3) is 4.64. The number of fused-ring (bicyclic) bond motifs is 2. The fraction of sp³-hybridized carbons (Fsp3) is 0.357. The average molecular weight is 526 g/mol. The number of aromatic amines is 1. The van der Waals surface area contributed by atoms with Crippen LogP contribution in [0.1, 0.15) is 12.8 Å². The predicted molar refractivity (Wildman–Crippen MR) is 150 cm³/mol. The molecule has 2 aliphatic heterocycles. The normalized spacial score (nSPS) is 18.6. The van der Waals surface area contributed by atoms with Gasteiger partial charge in [-0.25, -0.2) is 14.5 Å². The second kappa shape index (κ2) is 10.2. The third-order valence-electron chi connectivity index (χ3n) is 7.75. The molecule has 2 aromatic carbocycles. The molecule has 3 aromatic heterocycles. The maximum atomic E-state index is 5.84. The van der Waals surface area contributed by atoms with Crippen LogP contribution in [-0.2, 0) is 4.74 Å². The van der Waals surface area contributed by atoms with E-state index in [9.17, 15) is 0 Å². The monoisotopic (exact) mass is 525 g/mol. The topological polar surface area (TPSA) is 109 Å². The average Bonchev–Trinajstić information content (AvgIpc) is 3.67. The first-order valence-corrected chi connectivity index (χ1v) is 13.4. The molecule has 2 saturated heterocycles. The Hall–Kier alpha value is -4.22. The van der Waals surface area contributed by atoms with E-state index in [2.05, 4.69) is 47.5 Å². The Morgan fingerprint density at radius 2 is 2.03 bits per heavy atom. The smallest absolute Gasteiger partial charge is 0.198 e. The van der Waals surface area contributed by atoms with E-state index in [1.807, 2.05) is 36.7 Å². The summed E-state index contributed by atoms with van der Waals surface area (Å²) in [6.07, 6.45) is 7.62. The van der Waals surface area contributed by atoms with Gasteiger partial charge in [-0.2, -0.15) is 10.2 Å². The summed E-state index contributed by atoms with van der Waals surface area (Å²) >= 11 is 0. The summed E-state index contributed by atoms with van der Waals surface area (Å²) in [7, 11) is 1.72. The van der Waals surface area contributed by atoms with Crippen molar-refractivity contribution in [3.05, 3.63) is 55.1 Å². The number of methoxy groups -OCH3 is 1. The van der Waals surface area contributed by atoms with Crippen molar-refractivity contribution in [1.29, 1.82) is 0 Å². The lowest BCUT2D eigenvalue weighted by Gasteiger charge is -2.41. The van der Waals surface area contributed by atoms with Crippen LogP contribution in [0.2, 0.25) is 0 Å². The van der Waals surface area contributed by atoms with E-state index < -0.39 is 0 Å². The number of benzene rings is 2. The first kappa shape index (κ1) is 23.9. The van der Waals surface area contributed by atoms with Crippen LogP contribution >= 0.6 is 0 Å². The van der Waals surface area contributed by atoms with Crippen LogP contribution in [0.3, 0.4) is 0 Å². The minimum absolute atomic E-state index is 0.549. The van der Waals surface area contributed by atoms with Crippen molar-refractivity contribution in [2.24, 2.45) is 0 Å². The molecule has 0 aliphatic carbocycles. The number of hydrogen-bond donors (Lipinski definition) is 2. The first-order valence-electron chi connectivity index (χ1n) is 13.4. The van der Waals surface area contributed by atoms with Gasteiger partial charge in [-0.05, 0) is 31.0 Å². The van der Waals surface area contributed by atoms with Crippen LogP contribution in [-0.4, -0.2) is 87.2 Å². The SMILES string of the molecule is COc1cc(Nc2nc(-c3ccc4cn[nH]c4c3)cn3ncnc23)ccc1N1CCN(C2CCCOC2)CC1. The van der Waals surface area contributed by atoms with E-state index >= 15 is 0 Å². The third-order valence-corrected chi connectivity index (χ3v) is 7.75. The van der Waals surface area contributed by atoms with Gasteiger partial charge in [0.2, 0.25) is 0 Å². The molecule has 2 fully saturated rings. The highest BCUT2D eigenvalue weighted by atomic mass is 16.5. The molecule has 2 aliphatic rings. The molecule has 1 atom stereocenters. The standard InChI is InChI=1S/C28H31N9O2/c1-38-26-14-21(6-7-25(26)36-10-8-35(9-11-36)22-3-2-12-39-17-22)32-27-28-29-18-31-37(28)16-24(33-27)19-4-5-20-15-30-34-23(20)13-19/h4-7,13-16,18,22H,2-3,8-12,17H2,1H3,(H,30,34)(H,32,33). The molecular formula is C28H31N9O2. The van der Waals surface area contributed by atoms with E-state index in [-0.39, 0.29) is 0 Å². The highest BCUT2D eigenvalue weighted by Gasteiger charge is 2.27. The molecule has 0 spiro atoms. The summed E-state index contributed by atoms with van der Waals surface area (Å²) in [4.78, 5) is 14.3. The molecule has 2 N–H and O–H groups in total. The lowest BCUT2D eigenvalue weighted by atomic mass is 10.1. The summed E-state index contributed by atoms with van der Waals surface area (Å²) in [6.45, 7) is 5.74. The van der Waals surface area contributed by atoms with Crippen LogP contribution in [0, 0.1) is 0 Å². The van der Waals surface area contributed by atoms with Crippen LogP contribution in [0.5, 0.6) is 5.75 Å². The molecule has 39 heavy (non-hydrogen) atoms. The van der Waals surface area contributed by atoms with Gasteiger partial charge in [0.1, 0.15) is 12.1 Å². The van der Waals surface area contributed by atoms with Gasteiger partial charge in [-0.1, -0.05) is 12.1 Å². The molecule has 5 aromatic rings. The lowest BCUT2D eigenvalue weighted by molar-refractivity contribution is 0.0159. The van der Waals surface area contributed by atoms with Gasteiger partial charge in [0.05, 0.1) is 43.0 Å². The molecule has 200 valence electrons. The lowest BCUT2D eigenvalue weighted by Crippen LogP contribution is -2.52. The Morgan fingerprint density at radius 1 is 1.10 bits per heavy atom. The number of anilines is 3. The highest BCUT2D eigenvalue weighted by molar-refractivity contribution is 5.84. The molecule has 0 saturated carbocycles. The Bertz CT molecular complexity index is 1600. The molecule has 0 radical (unpaired) electrons. The van der Waals surface area contributed by atoms with Gasteiger partial charge in [-0.3, -0.25) is 10.00 Å². The maximum Gasteiger partial charge on any atom is 0.198 e. The largest absolute Gasteiger partial charge is 0.495 e. The molecular weight excluding hydrogens is 494 g/mol. The van der Waals surface area contributed by atoms with Crippen molar-refractivity contribution in [2.45, 2.75) is 18.9 Å². The first-order chi connectivity index (χ1) is 19.2. The number of nitrogens with one attached hydrogen (secondary N) is 2. The van der Waals surface area contributed by atoms with Crippen molar-refractivity contribution in [3.8, 4) is 17.0 Å². The fourth-order valence-corrected chi connectivity index (χ4v) is 5.64. The maximum absolute atomic E-state index is 5.84. The van der Waals surface area contributed by atoms with Crippen molar-refractivity contribution < 1.29 is 9.47 Å². The predicted octanol–water partition coefficient (Wildman–Crippen LogP) is 3.72. The van der Waals surface area contributed by atoms with E-state index in [1.54, 1.807) is 11.6 Å². The Labute approximate surface area is 225 Å². The second-order valence-corrected chi connectivity index (χ2v) is 10.1. The number of nitrogens with zero attached hydrogens (tertiary/aromatic N) is 7. The van der Waals surface area contributed by atoms with Crippen LogP contribution in [0.4, 0.5) is 17.2 Å². The number of ether oxygens (including phenoxy) is 2. The van der Waals surface area contributed by atoms with Crippen LogP contribution < -0.4 is 15.0 Å². The van der Waals surface area contributed by atoms with Gasteiger partial charge in [0.15, 0.2) is 11.5 Å². The van der Waals surface area contributed by atoms with Crippen LogP contribution in [0.15, 0.2) is 55.1 Å². The fourth-order valence-electron chi connectivity index (χ4n) is 5.64. The molecule has 7 rings (SSSR count). The van der Waals surface area contributed by atoms with Gasteiger partial charge in [-0.15, -0.1) is 0 Å². The Balaban J connectivity index is 1.13. The molecule has 5 heterocycles. The number of hydrogen-bond acceptors (Lipinski definition) is 9. The van der Waals surface area contributed by atoms with Crippen molar-refractivity contribution in [1.82, 2.24) is 34.7 Å². The quantitative estimate of drug-likeness (QED) is 0.343. The number of aromatic nitrogens is 6. The summed E-state index contributed by atoms with van der Waals surface area (Å²) in [5.74, 6) is 1.45. The van der Waals surface area contributed by atoms with Crippen LogP contribution in [0.25, 0.3) is 27.8 Å². The number of H-pyrrole nitrogens is 1. The second-order valence-electron chi connectivity index (χ2n) is 10.1. The summed E-state index contributed by atoms with van der Waals surface area (Å²) in [5, 5.41) is 16.0. The van der Waals surface area contributed by atoms with Crippen molar-refractivity contribution >= 4 is 33.7 Å². The summed E-state index contributed by atoms with van der Waals surface area (Å²) < 4.78 is 13.3. The zero-order valence-electron chi connectivity index (χ0n) is 21.9. The minimum Gasteiger partial charge on any atom is -0.495 e. The molecule has 0 amide bonds. The Kier molecular flexibility index (Phi) is 6.22. The van der Waals surface area contributed by atoms with E-state index in [4.69, 9.17) is 14.5 Å². The minimum atomic E-state index is 0.549. The zero-order valence-corrected chi connectivity index (χ0v) is 21.9. The van der Waals surface area contributed by atoms with Gasteiger partial charge in [0, 0.05) is 61.5 Å². The summed E-state index contributed by atoms with van der Waals surface area (Å²) in [6, 6.07) is 12.9. The van der Waals surface area contributed by atoms with Crippen molar-refractivity contribution in [2.75, 3.05) is 56.7 Å². The number of piperazine rings is 1. The van der Waals surface area contributed by atoms with Gasteiger partial charge in [0.25, 0.3) is 0 Å². The summed E-state index contributed by atoms with van der Waals surface area (Å²) in [5.41, 5.74) is 5.30. The van der Waals surface area contributed by atoms with E-state index in [0.717, 1.165) is 85.1 Å². The van der Waals surface area contributed by atoms with E-state index in [1.165, 1.54) is 12.7 Å². The highest BCUT2D eigenvalue weighted by Crippen LogP contribution is 2.34. The van der Waals surface area contributed by atoms with Gasteiger partial charge >= 0.3 is 0 Å².